The molecule has 0 aliphatic heterocycles. The van der Waals surface area contributed by atoms with Gasteiger partial charge in [-0.1, -0.05) is 11.6 Å². The summed E-state index contributed by atoms with van der Waals surface area (Å²) in [5.41, 5.74) is -0.271. The predicted molar refractivity (Wildman–Crippen MR) is 63.3 cm³/mol. The number of hydrogen-bond acceptors (Lipinski definition) is 2. The summed E-state index contributed by atoms with van der Waals surface area (Å²) in [6, 6.07) is 8.26. The maximum atomic E-state index is 11.5. The van der Waals surface area contributed by atoms with Gasteiger partial charge >= 0.3 is 6.03 Å². The minimum atomic E-state index is -0.892. The monoisotopic (exact) mass is 237 g/mol. The summed E-state index contributed by atoms with van der Waals surface area (Å²) in [4.78, 5) is 11.5. The van der Waals surface area contributed by atoms with Crippen LogP contribution in [0, 0.1) is 11.3 Å². The van der Waals surface area contributed by atoms with Crippen molar-refractivity contribution in [2.75, 3.05) is 5.32 Å². The Hall–Kier alpha value is -1.73. The third-order valence-corrected chi connectivity index (χ3v) is 2.06. The van der Waals surface area contributed by atoms with E-state index in [2.05, 4.69) is 10.6 Å². The Bertz CT molecular complexity index is 420. The van der Waals surface area contributed by atoms with E-state index in [1.807, 2.05) is 6.07 Å². The topological polar surface area (TPSA) is 64.9 Å². The molecule has 0 saturated carbocycles. The molecule has 0 fully saturated rings. The van der Waals surface area contributed by atoms with Crippen LogP contribution in [0.4, 0.5) is 10.5 Å². The lowest BCUT2D eigenvalue weighted by Gasteiger charge is -2.17. The third-order valence-electron chi connectivity index (χ3n) is 1.81. The van der Waals surface area contributed by atoms with Crippen LogP contribution in [0.15, 0.2) is 24.3 Å². The number of nitriles is 1. The number of nitrogens with one attached hydrogen (secondary N) is 2. The van der Waals surface area contributed by atoms with Crippen LogP contribution in [0.2, 0.25) is 5.02 Å². The van der Waals surface area contributed by atoms with Gasteiger partial charge in [0.1, 0.15) is 5.54 Å². The molecule has 2 N–H and O–H groups in total. The summed E-state index contributed by atoms with van der Waals surface area (Å²) in [6.45, 7) is 3.24. The summed E-state index contributed by atoms with van der Waals surface area (Å²) in [5, 5.41) is 14.5. The number of nitrogens with zero attached hydrogens (tertiary/aromatic N) is 1. The average Bonchev–Trinajstić information content (AvgIpc) is 2.21. The van der Waals surface area contributed by atoms with Crippen molar-refractivity contribution in [3.63, 3.8) is 0 Å². The van der Waals surface area contributed by atoms with Crippen molar-refractivity contribution in [2.24, 2.45) is 0 Å². The Morgan fingerprint density at radius 3 is 2.44 bits per heavy atom. The average molecular weight is 238 g/mol. The number of urea groups is 1. The largest absolute Gasteiger partial charge is 0.320 e. The van der Waals surface area contributed by atoms with E-state index in [1.165, 1.54) is 0 Å². The maximum absolute atomic E-state index is 11.5. The van der Waals surface area contributed by atoms with E-state index in [-0.39, 0.29) is 0 Å². The molecule has 0 heterocycles. The molecule has 84 valence electrons. The highest BCUT2D eigenvalue weighted by Gasteiger charge is 2.18. The van der Waals surface area contributed by atoms with Crippen LogP contribution in [0.1, 0.15) is 13.8 Å². The van der Waals surface area contributed by atoms with Gasteiger partial charge in [0.2, 0.25) is 0 Å². The van der Waals surface area contributed by atoms with Crippen LogP contribution in [0.25, 0.3) is 0 Å². The van der Waals surface area contributed by atoms with Crippen LogP contribution >= 0.6 is 11.6 Å². The van der Waals surface area contributed by atoms with Crippen LogP contribution < -0.4 is 10.6 Å². The van der Waals surface area contributed by atoms with Crippen molar-refractivity contribution >= 4 is 23.3 Å². The highest BCUT2D eigenvalue weighted by atomic mass is 35.5. The normalized spacial score (nSPS) is 10.4. The minimum absolute atomic E-state index is 0.422. The molecule has 0 unspecified atom stereocenters. The molecule has 0 spiro atoms. The lowest BCUT2D eigenvalue weighted by Crippen LogP contribution is -2.44. The zero-order valence-electron chi connectivity index (χ0n) is 9.04. The molecule has 0 saturated heterocycles. The standard InChI is InChI=1S/C11H12ClN3O/c1-11(2,7-13)15-10(16)14-9-5-3-8(12)4-6-9/h3-6H,1-2H3,(H2,14,15,16). The Morgan fingerprint density at radius 1 is 1.38 bits per heavy atom. The van der Waals surface area contributed by atoms with Crippen molar-refractivity contribution in [1.29, 1.82) is 5.26 Å². The Labute approximate surface area is 99.2 Å². The van der Waals surface area contributed by atoms with Crippen LogP contribution in [0.3, 0.4) is 0 Å². The zero-order chi connectivity index (χ0) is 12.2. The summed E-state index contributed by atoms with van der Waals surface area (Å²) < 4.78 is 0. The number of benzene rings is 1. The van der Waals surface area contributed by atoms with Gasteiger partial charge in [-0.05, 0) is 38.1 Å². The molecule has 0 aromatic heterocycles. The number of halogens is 1. The van der Waals surface area contributed by atoms with E-state index in [1.54, 1.807) is 38.1 Å². The first-order valence-corrected chi connectivity index (χ1v) is 5.07. The molecule has 2 amide bonds. The van der Waals surface area contributed by atoms with Gasteiger partial charge < -0.3 is 10.6 Å². The van der Waals surface area contributed by atoms with Crippen molar-refractivity contribution < 1.29 is 4.79 Å². The summed E-state index contributed by atoms with van der Waals surface area (Å²) >= 11 is 5.71. The first kappa shape index (κ1) is 12.3. The van der Waals surface area contributed by atoms with E-state index in [9.17, 15) is 4.79 Å². The van der Waals surface area contributed by atoms with Gasteiger partial charge in [-0.2, -0.15) is 5.26 Å². The molecule has 0 radical (unpaired) electrons. The molecular weight excluding hydrogens is 226 g/mol. The van der Waals surface area contributed by atoms with E-state index >= 15 is 0 Å². The van der Waals surface area contributed by atoms with Crippen molar-refractivity contribution in [3.05, 3.63) is 29.3 Å². The molecule has 5 heteroatoms. The Balaban J connectivity index is 2.59. The van der Waals surface area contributed by atoms with Crippen LogP contribution in [-0.4, -0.2) is 11.6 Å². The molecule has 0 aliphatic carbocycles. The van der Waals surface area contributed by atoms with Gasteiger partial charge in [0.15, 0.2) is 0 Å². The molecule has 0 bridgehead atoms. The highest BCUT2D eigenvalue weighted by molar-refractivity contribution is 6.30. The van der Waals surface area contributed by atoms with Gasteiger partial charge in [0.25, 0.3) is 0 Å². The first-order valence-electron chi connectivity index (χ1n) is 4.69. The number of anilines is 1. The van der Waals surface area contributed by atoms with E-state index in [0.29, 0.717) is 10.7 Å². The number of carbonyl (C=O) groups is 1. The molecule has 1 aromatic carbocycles. The van der Waals surface area contributed by atoms with Crippen LogP contribution in [0.5, 0.6) is 0 Å². The quantitative estimate of drug-likeness (QED) is 0.831. The lowest BCUT2D eigenvalue weighted by molar-refractivity contribution is 0.246. The second-order valence-electron chi connectivity index (χ2n) is 3.82. The Kier molecular flexibility index (Phi) is 3.75. The summed E-state index contributed by atoms with van der Waals surface area (Å²) in [7, 11) is 0. The van der Waals surface area contributed by atoms with Crippen LogP contribution in [-0.2, 0) is 0 Å². The fourth-order valence-corrected chi connectivity index (χ4v) is 1.13. The number of hydrogen-bond donors (Lipinski definition) is 2. The molecule has 4 nitrogen and oxygen atoms in total. The number of carbonyl (C=O) groups excluding carboxylic acids is 1. The molecular formula is C11H12ClN3O. The second kappa shape index (κ2) is 4.86. The molecule has 0 atom stereocenters. The van der Waals surface area contributed by atoms with Gasteiger partial charge in [-0.25, -0.2) is 4.79 Å². The zero-order valence-corrected chi connectivity index (χ0v) is 9.80. The Morgan fingerprint density at radius 2 is 1.94 bits per heavy atom. The molecule has 1 aromatic rings. The summed E-state index contributed by atoms with van der Waals surface area (Å²) in [6.07, 6.45) is 0. The van der Waals surface area contributed by atoms with Gasteiger partial charge in [-0.3, -0.25) is 0 Å². The van der Waals surface area contributed by atoms with Crippen molar-refractivity contribution in [1.82, 2.24) is 5.32 Å². The molecule has 0 aliphatic rings. The van der Waals surface area contributed by atoms with E-state index in [4.69, 9.17) is 16.9 Å². The fourth-order valence-electron chi connectivity index (χ4n) is 1.01. The van der Waals surface area contributed by atoms with E-state index in [0.717, 1.165) is 0 Å². The lowest BCUT2D eigenvalue weighted by atomic mass is 10.1. The molecule has 16 heavy (non-hydrogen) atoms. The summed E-state index contributed by atoms with van der Waals surface area (Å²) in [5.74, 6) is 0. The second-order valence-corrected chi connectivity index (χ2v) is 4.26. The first-order chi connectivity index (χ1) is 7.43. The SMILES string of the molecule is CC(C)(C#N)NC(=O)Nc1ccc(Cl)cc1. The van der Waals surface area contributed by atoms with Gasteiger partial charge in [0, 0.05) is 10.7 Å². The third kappa shape index (κ3) is 3.79. The number of amides is 2. The fraction of sp³-hybridized carbons (Fsp3) is 0.273. The minimum Gasteiger partial charge on any atom is -0.320 e. The molecule has 1 rings (SSSR count). The van der Waals surface area contributed by atoms with Crippen molar-refractivity contribution in [3.8, 4) is 6.07 Å². The van der Waals surface area contributed by atoms with Gasteiger partial charge in [0.05, 0.1) is 6.07 Å². The maximum Gasteiger partial charge on any atom is 0.320 e. The highest BCUT2D eigenvalue weighted by Crippen LogP contribution is 2.13. The smallest absolute Gasteiger partial charge is 0.320 e. The van der Waals surface area contributed by atoms with Gasteiger partial charge in [-0.15, -0.1) is 0 Å². The van der Waals surface area contributed by atoms with Crippen molar-refractivity contribution in [2.45, 2.75) is 19.4 Å². The van der Waals surface area contributed by atoms with E-state index < -0.39 is 11.6 Å². The number of rotatable bonds is 2. The predicted octanol–water partition coefficient (Wildman–Crippen LogP) is 2.76.